The second-order valence-corrected chi connectivity index (χ2v) is 9.61. The molecule has 6 unspecified atom stereocenters. The van der Waals surface area contributed by atoms with Gasteiger partial charge in [0.25, 0.3) is 0 Å². The van der Waals surface area contributed by atoms with Crippen LogP contribution in [0.25, 0.3) is 0 Å². The molecule has 146 valence electrons. The molecule has 4 nitrogen and oxygen atoms in total. The second kappa shape index (κ2) is 6.49. The van der Waals surface area contributed by atoms with Gasteiger partial charge in [-0.25, -0.2) is 0 Å². The summed E-state index contributed by atoms with van der Waals surface area (Å²) >= 11 is 0. The molecule has 0 amide bonds. The van der Waals surface area contributed by atoms with E-state index >= 15 is 0 Å². The molecule has 0 aromatic rings. The molecule has 2 bridgehead atoms. The van der Waals surface area contributed by atoms with Crippen molar-refractivity contribution >= 4 is 5.97 Å². The molecule has 0 aromatic heterocycles. The molecule has 0 aromatic carbocycles. The smallest absolute Gasteiger partial charge is 0.303 e. The maximum Gasteiger partial charge on any atom is 0.303 e. The minimum absolute atomic E-state index is 0.0632. The number of rotatable bonds is 1. The second-order valence-electron chi connectivity index (χ2n) is 9.61. The Morgan fingerprint density at radius 2 is 1.88 bits per heavy atom. The number of carbonyl (C=O) groups is 1. The summed E-state index contributed by atoms with van der Waals surface area (Å²) in [5.74, 6) is -0.410. The van der Waals surface area contributed by atoms with E-state index in [2.05, 4.69) is 34.3 Å². The van der Waals surface area contributed by atoms with Crippen molar-refractivity contribution in [3.8, 4) is 0 Å². The lowest BCUT2D eigenvalue weighted by molar-refractivity contribution is -0.150. The summed E-state index contributed by atoms with van der Waals surface area (Å²) in [6.07, 6.45) is 2.58. The van der Waals surface area contributed by atoms with Gasteiger partial charge in [-0.3, -0.25) is 4.79 Å². The van der Waals surface area contributed by atoms with Gasteiger partial charge in [-0.05, 0) is 66.9 Å². The molecule has 0 aliphatic heterocycles. The van der Waals surface area contributed by atoms with Crippen molar-refractivity contribution in [2.45, 2.75) is 85.0 Å². The molecule has 3 rings (SSSR count). The van der Waals surface area contributed by atoms with Crippen molar-refractivity contribution in [1.29, 1.82) is 0 Å². The Bertz CT molecular complexity index is 647. The van der Waals surface area contributed by atoms with E-state index in [0.29, 0.717) is 12.8 Å². The number of carbonyl (C=O) groups excluding carboxylic acids is 1. The molecule has 4 heteroatoms. The van der Waals surface area contributed by atoms with Crippen molar-refractivity contribution in [3.63, 3.8) is 0 Å². The highest BCUT2D eigenvalue weighted by molar-refractivity contribution is 5.66. The minimum atomic E-state index is -0.545. The molecule has 3 aliphatic carbocycles. The first-order valence-electron chi connectivity index (χ1n) is 9.91. The molecule has 2 fully saturated rings. The number of hydrogen-bond donors (Lipinski definition) is 2. The van der Waals surface area contributed by atoms with Gasteiger partial charge in [-0.15, -0.1) is 0 Å². The van der Waals surface area contributed by atoms with Gasteiger partial charge < -0.3 is 14.9 Å². The zero-order valence-corrected chi connectivity index (χ0v) is 16.8. The molecular formula is C22H34O4. The van der Waals surface area contributed by atoms with Crippen LogP contribution < -0.4 is 0 Å². The number of hydrogen-bond acceptors (Lipinski definition) is 4. The van der Waals surface area contributed by atoms with Gasteiger partial charge in [0.2, 0.25) is 0 Å². The van der Waals surface area contributed by atoms with Crippen LogP contribution in [-0.4, -0.2) is 34.5 Å². The Morgan fingerprint density at radius 3 is 2.50 bits per heavy atom. The van der Waals surface area contributed by atoms with Crippen LogP contribution in [0.5, 0.6) is 0 Å². The number of aliphatic hydroxyl groups is 2. The van der Waals surface area contributed by atoms with E-state index in [4.69, 9.17) is 4.74 Å². The lowest BCUT2D eigenvalue weighted by Gasteiger charge is -2.56. The number of ether oxygens (including phenoxy) is 1. The highest BCUT2D eigenvalue weighted by Crippen LogP contribution is 2.58. The lowest BCUT2D eigenvalue weighted by atomic mass is 9.50. The van der Waals surface area contributed by atoms with Crippen LogP contribution in [0.1, 0.15) is 66.7 Å². The summed E-state index contributed by atoms with van der Waals surface area (Å²) in [6, 6.07) is 0. The monoisotopic (exact) mass is 362 g/mol. The average molecular weight is 363 g/mol. The van der Waals surface area contributed by atoms with E-state index in [1.165, 1.54) is 12.5 Å². The Hall–Kier alpha value is -1.13. The summed E-state index contributed by atoms with van der Waals surface area (Å²) in [5, 5.41) is 22.7. The van der Waals surface area contributed by atoms with Crippen LogP contribution in [0.2, 0.25) is 0 Å². The van der Waals surface area contributed by atoms with Gasteiger partial charge in [0, 0.05) is 12.8 Å². The fraction of sp³-hybridized carbons (Fsp3) is 0.773. The van der Waals surface area contributed by atoms with E-state index < -0.39 is 12.2 Å². The number of esters is 1. The van der Waals surface area contributed by atoms with Crippen LogP contribution in [0.3, 0.4) is 0 Å². The number of allylic oxidation sites excluding steroid dienone is 1. The predicted molar refractivity (Wildman–Crippen MR) is 101 cm³/mol. The normalized spacial score (nSPS) is 42.6. The Balaban J connectivity index is 2.05. The highest BCUT2D eigenvalue weighted by atomic mass is 16.5. The fourth-order valence-electron chi connectivity index (χ4n) is 6.35. The van der Waals surface area contributed by atoms with Gasteiger partial charge in [-0.1, -0.05) is 32.9 Å². The number of aliphatic hydroxyl groups excluding tert-OH is 2. The summed E-state index contributed by atoms with van der Waals surface area (Å²) in [6.45, 7) is 14.3. The molecule has 3 aliphatic rings. The van der Waals surface area contributed by atoms with Gasteiger partial charge in [0.05, 0.1) is 12.2 Å². The summed E-state index contributed by atoms with van der Waals surface area (Å²) < 4.78 is 5.50. The van der Waals surface area contributed by atoms with E-state index in [1.807, 2.05) is 0 Å². The zero-order valence-electron chi connectivity index (χ0n) is 16.8. The topological polar surface area (TPSA) is 66.8 Å². The molecule has 0 heterocycles. The highest BCUT2D eigenvalue weighted by Gasteiger charge is 2.56. The van der Waals surface area contributed by atoms with E-state index in [-0.39, 0.29) is 34.7 Å². The third-order valence-corrected chi connectivity index (χ3v) is 7.51. The van der Waals surface area contributed by atoms with Crippen LogP contribution in [0.15, 0.2) is 23.3 Å². The van der Waals surface area contributed by atoms with Crippen LogP contribution in [0, 0.1) is 22.7 Å². The van der Waals surface area contributed by atoms with E-state index in [9.17, 15) is 15.0 Å². The maximum absolute atomic E-state index is 11.5. The lowest BCUT2D eigenvalue weighted by Crippen LogP contribution is -2.55. The molecule has 2 saturated carbocycles. The largest absolute Gasteiger partial charge is 0.458 e. The SMILES string of the molecule is C=C1C(OC(C)=O)CCC2(C)CC(O)C3=C(C)CCC(C(O)C12)C3(C)C. The molecular weight excluding hydrogens is 328 g/mol. The van der Waals surface area contributed by atoms with Gasteiger partial charge in [0.15, 0.2) is 0 Å². The molecule has 6 atom stereocenters. The van der Waals surface area contributed by atoms with E-state index in [0.717, 1.165) is 30.4 Å². The van der Waals surface area contributed by atoms with Crippen molar-refractivity contribution in [1.82, 2.24) is 0 Å². The molecule has 2 N–H and O–H groups in total. The summed E-state index contributed by atoms with van der Waals surface area (Å²) in [7, 11) is 0. The Morgan fingerprint density at radius 1 is 1.23 bits per heavy atom. The first-order chi connectivity index (χ1) is 12.0. The maximum atomic E-state index is 11.5. The third-order valence-electron chi connectivity index (χ3n) is 7.51. The quantitative estimate of drug-likeness (QED) is 0.550. The third kappa shape index (κ3) is 2.95. The Kier molecular flexibility index (Phi) is 4.90. The molecule has 26 heavy (non-hydrogen) atoms. The standard InChI is InChI=1S/C22H34O4/c1-12-7-8-15-20(25)19-13(2)17(26-14(3)23)9-10-22(19,6)11-16(24)18(12)21(15,4)5/h15-17,19-20,24-25H,2,7-11H2,1,3-6H3. The van der Waals surface area contributed by atoms with Gasteiger partial charge >= 0.3 is 5.97 Å². The van der Waals surface area contributed by atoms with Gasteiger partial charge in [0.1, 0.15) is 6.10 Å². The van der Waals surface area contributed by atoms with Crippen LogP contribution in [0.4, 0.5) is 0 Å². The van der Waals surface area contributed by atoms with Gasteiger partial charge in [-0.2, -0.15) is 0 Å². The molecule has 0 radical (unpaired) electrons. The van der Waals surface area contributed by atoms with E-state index in [1.54, 1.807) is 0 Å². The van der Waals surface area contributed by atoms with Crippen molar-refractivity contribution in [2.75, 3.05) is 0 Å². The Labute approximate surface area is 157 Å². The predicted octanol–water partition coefficient (Wildman–Crippen LogP) is 3.77. The summed E-state index contributed by atoms with van der Waals surface area (Å²) in [4.78, 5) is 11.5. The fourth-order valence-corrected chi connectivity index (χ4v) is 6.35. The van der Waals surface area contributed by atoms with Crippen molar-refractivity contribution in [2.24, 2.45) is 22.7 Å². The molecule has 0 saturated heterocycles. The minimum Gasteiger partial charge on any atom is -0.458 e. The first kappa shape index (κ1) is 19.6. The van der Waals surface area contributed by atoms with Crippen molar-refractivity contribution < 1.29 is 19.7 Å². The summed E-state index contributed by atoms with van der Waals surface area (Å²) in [5.41, 5.74) is 2.72. The average Bonchev–Trinajstić information content (AvgIpc) is 2.48. The zero-order chi connectivity index (χ0) is 19.4. The van der Waals surface area contributed by atoms with Crippen LogP contribution in [-0.2, 0) is 9.53 Å². The van der Waals surface area contributed by atoms with Crippen LogP contribution >= 0.6 is 0 Å². The van der Waals surface area contributed by atoms with Crippen molar-refractivity contribution in [3.05, 3.63) is 23.3 Å². The number of fused-ring (bicyclic) bond motifs is 3. The molecule has 0 spiro atoms. The first-order valence-corrected chi connectivity index (χ1v) is 9.91.